The molecule has 0 rings (SSSR count). The molecule has 0 heterocycles. The van der Waals surface area contributed by atoms with Crippen molar-refractivity contribution in [2.45, 2.75) is 19.4 Å². The van der Waals surface area contributed by atoms with Gasteiger partial charge in [0, 0.05) is 0 Å². The van der Waals surface area contributed by atoms with Gasteiger partial charge in [-0.1, -0.05) is 0 Å². The molecular weight excluding hydrogens is 116 g/mol. The summed E-state index contributed by atoms with van der Waals surface area (Å²) in [5.74, 6) is 0. The molecule has 0 saturated heterocycles. The Hall–Kier alpha value is -0.670. The van der Waals surface area contributed by atoms with Gasteiger partial charge in [0.05, 0.1) is 6.04 Å². The van der Waals surface area contributed by atoms with E-state index in [0.717, 1.165) is 0 Å². The van der Waals surface area contributed by atoms with Crippen molar-refractivity contribution in [3.05, 3.63) is 0 Å². The van der Waals surface area contributed by atoms with Crippen LogP contribution in [0.2, 0.25) is 0 Å². The Bertz CT molecular complexity index is 76.4. The van der Waals surface area contributed by atoms with E-state index >= 15 is 0 Å². The lowest BCUT2D eigenvalue weighted by molar-refractivity contribution is -0.111. The molecule has 0 radical (unpaired) electrons. The molecule has 0 saturated carbocycles. The van der Waals surface area contributed by atoms with Crippen molar-refractivity contribution < 1.29 is 13.6 Å². The second kappa shape index (κ2) is 3.35. The fourth-order valence-corrected chi connectivity index (χ4v) is 0.180. The second-order valence-corrected chi connectivity index (χ2v) is 1.41. The molecule has 1 atom stereocenters. The fourth-order valence-electron chi connectivity index (χ4n) is 0.180. The smallest absolute Gasteiger partial charge is 0.258 e. The molecule has 0 aromatic rings. The summed E-state index contributed by atoms with van der Waals surface area (Å²) < 4.78 is 22.8. The zero-order valence-electron chi connectivity index (χ0n) is 4.40. The zero-order valence-corrected chi connectivity index (χ0v) is 4.40. The van der Waals surface area contributed by atoms with Crippen LogP contribution in [0, 0.1) is 0 Å². The predicted molar refractivity (Wildman–Crippen MR) is 24.7 cm³/mol. The van der Waals surface area contributed by atoms with Gasteiger partial charge >= 0.3 is 0 Å². The lowest BCUT2D eigenvalue weighted by Gasteiger charge is -2.05. The van der Waals surface area contributed by atoms with E-state index in [1.807, 2.05) is 5.32 Å². The molecule has 0 aromatic carbocycles. The molecule has 0 aromatic heterocycles. The Morgan fingerprint density at radius 2 is 2.12 bits per heavy atom. The molecule has 0 aliphatic carbocycles. The summed E-state index contributed by atoms with van der Waals surface area (Å²) in [6.07, 6.45) is -2.21. The average molecular weight is 123 g/mol. The second-order valence-electron chi connectivity index (χ2n) is 1.41. The Kier molecular flexibility index (Phi) is 3.07. The van der Waals surface area contributed by atoms with E-state index in [4.69, 9.17) is 0 Å². The number of carbonyl (C=O) groups excluding carboxylic acids is 1. The minimum absolute atomic E-state index is 0.261. The van der Waals surface area contributed by atoms with Crippen molar-refractivity contribution in [2.24, 2.45) is 0 Å². The standard InChI is InChI=1S/C4H7F2NO/c1-3(4(5)6)7-2-8/h2-4H,1H3,(H,7,8). The van der Waals surface area contributed by atoms with E-state index < -0.39 is 12.5 Å². The number of carbonyl (C=O) groups is 1. The fraction of sp³-hybridized carbons (Fsp3) is 0.750. The lowest BCUT2D eigenvalue weighted by Crippen LogP contribution is -2.31. The van der Waals surface area contributed by atoms with E-state index in [1.165, 1.54) is 6.92 Å². The first-order valence-electron chi connectivity index (χ1n) is 2.16. The highest BCUT2D eigenvalue weighted by molar-refractivity contribution is 5.46. The van der Waals surface area contributed by atoms with Gasteiger partial charge in [-0.3, -0.25) is 4.79 Å². The highest BCUT2D eigenvalue weighted by Crippen LogP contribution is 1.96. The van der Waals surface area contributed by atoms with Crippen LogP contribution < -0.4 is 5.32 Å². The molecule has 0 aliphatic rings. The molecule has 0 aliphatic heterocycles. The molecule has 1 amide bonds. The van der Waals surface area contributed by atoms with Gasteiger partial charge in [-0.25, -0.2) is 8.78 Å². The van der Waals surface area contributed by atoms with Gasteiger partial charge in [0.25, 0.3) is 6.43 Å². The van der Waals surface area contributed by atoms with E-state index in [0.29, 0.717) is 0 Å². The maximum Gasteiger partial charge on any atom is 0.258 e. The number of amides is 1. The summed E-state index contributed by atoms with van der Waals surface area (Å²) >= 11 is 0. The largest absolute Gasteiger partial charge is 0.350 e. The van der Waals surface area contributed by atoms with Crippen LogP contribution in [0.25, 0.3) is 0 Å². The molecule has 8 heavy (non-hydrogen) atoms. The number of halogens is 2. The molecule has 4 heteroatoms. The summed E-state index contributed by atoms with van der Waals surface area (Å²) in [5.41, 5.74) is 0. The van der Waals surface area contributed by atoms with Crippen LogP contribution >= 0.6 is 0 Å². The highest BCUT2D eigenvalue weighted by Gasteiger charge is 2.11. The van der Waals surface area contributed by atoms with Crippen molar-refractivity contribution >= 4 is 6.41 Å². The number of hydrogen-bond acceptors (Lipinski definition) is 1. The maximum atomic E-state index is 11.4. The third-order valence-electron chi connectivity index (χ3n) is 0.709. The van der Waals surface area contributed by atoms with Gasteiger partial charge in [-0.2, -0.15) is 0 Å². The minimum atomic E-state index is -2.47. The number of alkyl halides is 2. The molecule has 0 spiro atoms. The van der Waals surface area contributed by atoms with Crippen molar-refractivity contribution in [3.63, 3.8) is 0 Å². The molecule has 0 bridgehead atoms. The van der Waals surface area contributed by atoms with Crippen LogP contribution in [0.1, 0.15) is 6.92 Å². The van der Waals surface area contributed by atoms with Gasteiger partial charge in [-0.05, 0) is 6.92 Å². The average Bonchev–Trinajstić information content (AvgIpc) is 1.67. The van der Waals surface area contributed by atoms with Crippen molar-refractivity contribution in [2.75, 3.05) is 0 Å². The number of nitrogens with one attached hydrogen (secondary N) is 1. The Labute approximate surface area is 45.9 Å². The maximum absolute atomic E-state index is 11.4. The normalized spacial score (nSPS) is 13.5. The summed E-state index contributed by atoms with van der Waals surface area (Å²) in [6.45, 7) is 1.24. The summed E-state index contributed by atoms with van der Waals surface area (Å²) in [7, 11) is 0. The third kappa shape index (κ3) is 2.49. The van der Waals surface area contributed by atoms with Crippen molar-refractivity contribution in [1.82, 2.24) is 5.32 Å². The minimum Gasteiger partial charge on any atom is -0.350 e. The van der Waals surface area contributed by atoms with Gasteiger partial charge < -0.3 is 5.32 Å². The Morgan fingerprint density at radius 3 is 2.25 bits per heavy atom. The highest BCUT2D eigenvalue weighted by atomic mass is 19.3. The Balaban J connectivity index is 3.30. The van der Waals surface area contributed by atoms with Gasteiger partial charge in [0.1, 0.15) is 0 Å². The lowest BCUT2D eigenvalue weighted by atomic mass is 10.4. The van der Waals surface area contributed by atoms with E-state index in [2.05, 4.69) is 0 Å². The van der Waals surface area contributed by atoms with Crippen LogP contribution in [-0.2, 0) is 4.79 Å². The van der Waals surface area contributed by atoms with E-state index in [9.17, 15) is 13.6 Å². The van der Waals surface area contributed by atoms with Crippen molar-refractivity contribution in [1.29, 1.82) is 0 Å². The summed E-state index contributed by atoms with van der Waals surface area (Å²) in [5, 5.41) is 1.91. The molecular formula is C4H7F2NO. The molecule has 2 nitrogen and oxygen atoms in total. The quantitative estimate of drug-likeness (QED) is 0.540. The van der Waals surface area contributed by atoms with Crippen molar-refractivity contribution in [3.8, 4) is 0 Å². The summed E-state index contributed by atoms with van der Waals surface area (Å²) in [6, 6.07) is -1.03. The van der Waals surface area contributed by atoms with E-state index in [-0.39, 0.29) is 6.41 Å². The van der Waals surface area contributed by atoms with Gasteiger partial charge in [-0.15, -0.1) is 0 Å². The SMILES string of the molecule is CC(NC=O)C(F)F. The molecule has 48 valence electrons. The summed E-state index contributed by atoms with van der Waals surface area (Å²) in [4.78, 5) is 9.48. The zero-order chi connectivity index (χ0) is 6.57. The monoisotopic (exact) mass is 123 g/mol. The van der Waals surface area contributed by atoms with Crippen LogP contribution in [0.5, 0.6) is 0 Å². The third-order valence-corrected chi connectivity index (χ3v) is 0.709. The van der Waals surface area contributed by atoms with Crippen LogP contribution in [-0.4, -0.2) is 18.9 Å². The molecule has 0 fully saturated rings. The van der Waals surface area contributed by atoms with E-state index in [1.54, 1.807) is 0 Å². The first kappa shape index (κ1) is 7.33. The Morgan fingerprint density at radius 1 is 1.62 bits per heavy atom. The predicted octanol–water partition coefficient (Wildman–Crippen LogP) is 0.386. The number of rotatable bonds is 3. The van der Waals surface area contributed by atoms with Crippen LogP contribution in [0.4, 0.5) is 8.78 Å². The van der Waals surface area contributed by atoms with Gasteiger partial charge in [0.2, 0.25) is 6.41 Å². The molecule has 1 N–H and O–H groups in total. The van der Waals surface area contributed by atoms with Gasteiger partial charge in [0.15, 0.2) is 0 Å². The first-order valence-corrected chi connectivity index (χ1v) is 2.16. The number of hydrogen-bond donors (Lipinski definition) is 1. The molecule has 1 unspecified atom stereocenters. The topological polar surface area (TPSA) is 29.1 Å². The van der Waals surface area contributed by atoms with Crippen LogP contribution in [0.3, 0.4) is 0 Å². The van der Waals surface area contributed by atoms with Crippen LogP contribution in [0.15, 0.2) is 0 Å². The first-order chi connectivity index (χ1) is 3.68.